The van der Waals surface area contributed by atoms with Gasteiger partial charge in [-0.25, -0.2) is 0 Å². The number of amides is 1. The molecule has 0 aromatic heterocycles. The maximum absolute atomic E-state index is 11.7. The fourth-order valence-electron chi connectivity index (χ4n) is 2.58. The molecule has 0 aromatic rings. The van der Waals surface area contributed by atoms with Gasteiger partial charge in [-0.1, -0.05) is 40.5 Å². The SMILES string of the molecule is CN=C(NCCNC(=O)C(C)(C)C)NC1CCCC(C)C1.I. The van der Waals surface area contributed by atoms with Crippen LogP contribution in [-0.4, -0.2) is 38.0 Å². The van der Waals surface area contributed by atoms with Crippen LogP contribution >= 0.6 is 24.0 Å². The van der Waals surface area contributed by atoms with Crippen LogP contribution in [-0.2, 0) is 4.79 Å². The second-order valence-corrected chi connectivity index (χ2v) is 7.12. The quantitative estimate of drug-likeness (QED) is 0.281. The number of halogens is 1. The zero-order chi connectivity index (χ0) is 15.9. The maximum atomic E-state index is 11.7. The second kappa shape index (κ2) is 10.3. The molecule has 1 saturated carbocycles. The highest BCUT2D eigenvalue weighted by atomic mass is 127. The van der Waals surface area contributed by atoms with Crippen LogP contribution in [0.15, 0.2) is 4.99 Å². The van der Waals surface area contributed by atoms with Crippen molar-refractivity contribution in [1.82, 2.24) is 16.0 Å². The molecule has 1 aliphatic rings. The van der Waals surface area contributed by atoms with Crippen LogP contribution in [0.4, 0.5) is 0 Å². The summed E-state index contributed by atoms with van der Waals surface area (Å²) in [5.41, 5.74) is -0.335. The third-order valence-corrected chi connectivity index (χ3v) is 3.89. The van der Waals surface area contributed by atoms with Gasteiger partial charge in [-0.15, -0.1) is 24.0 Å². The summed E-state index contributed by atoms with van der Waals surface area (Å²) in [6.45, 7) is 9.36. The Bertz CT molecular complexity index is 366. The van der Waals surface area contributed by atoms with E-state index in [-0.39, 0.29) is 35.3 Å². The molecule has 1 rings (SSSR count). The number of hydrogen-bond acceptors (Lipinski definition) is 2. The molecule has 1 aliphatic carbocycles. The van der Waals surface area contributed by atoms with Crippen molar-refractivity contribution in [2.45, 2.75) is 59.4 Å². The van der Waals surface area contributed by atoms with Crippen LogP contribution in [0.2, 0.25) is 0 Å². The molecule has 2 atom stereocenters. The van der Waals surface area contributed by atoms with Gasteiger partial charge in [0, 0.05) is 31.6 Å². The van der Waals surface area contributed by atoms with Crippen molar-refractivity contribution in [2.24, 2.45) is 16.3 Å². The van der Waals surface area contributed by atoms with Gasteiger partial charge in [0.25, 0.3) is 0 Å². The van der Waals surface area contributed by atoms with Gasteiger partial charge in [-0.2, -0.15) is 0 Å². The van der Waals surface area contributed by atoms with E-state index in [2.05, 4.69) is 27.9 Å². The number of hydrogen-bond donors (Lipinski definition) is 3. The molecule has 0 spiro atoms. The number of nitrogens with zero attached hydrogens (tertiary/aromatic N) is 1. The molecule has 3 N–H and O–H groups in total. The number of nitrogens with one attached hydrogen (secondary N) is 3. The molecule has 0 radical (unpaired) electrons. The predicted octanol–water partition coefficient (Wildman–Crippen LogP) is 2.51. The Balaban J connectivity index is 0.00000441. The van der Waals surface area contributed by atoms with Gasteiger partial charge in [0.05, 0.1) is 0 Å². The van der Waals surface area contributed by atoms with Crippen molar-refractivity contribution in [1.29, 1.82) is 0 Å². The molecule has 0 aliphatic heterocycles. The van der Waals surface area contributed by atoms with Crippen molar-refractivity contribution in [3.05, 3.63) is 0 Å². The first-order chi connectivity index (χ1) is 9.82. The van der Waals surface area contributed by atoms with E-state index in [4.69, 9.17) is 0 Å². The Morgan fingerprint density at radius 2 is 1.82 bits per heavy atom. The Labute approximate surface area is 152 Å². The molecular weight excluding hydrogens is 391 g/mol. The van der Waals surface area contributed by atoms with Crippen LogP contribution in [0, 0.1) is 11.3 Å². The van der Waals surface area contributed by atoms with Gasteiger partial charge < -0.3 is 16.0 Å². The molecule has 1 fully saturated rings. The van der Waals surface area contributed by atoms with E-state index >= 15 is 0 Å². The van der Waals surface area contributed by atoms with E-state index in [0.717, 1.165) is 11.9 Å². The minimum atomic E-state index is -0.335. The lowest BCUT2D eigenvalue weighted by molar-refractivity contribution is -0.128. The highest BCUT2D eigenvalue weighted by molar-refractivity contribution is 14.0. The van der Waals surface area contributed by atoms with E-state index < -0.39 is 0 Å². The number of carbonyl (C=O) groups excluding carboxylic acids is 1. The summed E-state index contributed by atoms with van der Waals surface area (Å²) in [6, 6.07) is 0.518. The smallest absolute Gasteiger partial charge is 0.225 e. The summed E-state index contributed by atoms with van der Waals surface area (Å²) in [5.74, 6) is 1.70. The lowest BCUT2D eigenvalue weighted by Gasteiger charge is -2.28. The van der Waals surface area contributed by atoms with E-state index in [1.165, 1.54) is 25.7 Å². The summed E-state index contributed by atoms with van der Waals surface area (Å²) >= 11 is 0. The largest absolute Gasteiger partial charge is 0.355 e. The van der Waals surface area contributed by atoms with Gasteiger partial charge in [0.15, 0.2) is 5.96 Å². The van der Waals surface area contributed by atoms with Crippen molar-refractivity contribution in [2.75, 3.05) is 20.1 Å². The van der Waals surface area contributed by atoms with Crippen molar-refractivity contribution < 1.29 is 4.79 Å². The first-order valence-electron chi connectivity index (χ1n) is 8.08. The molecule has 130 valence electrons. The van der Waals surface area contributed by atoms with Gasteiger partial charge in [-0.05, 0) is 18.8 Å². The molecule has 2 unspecified atom stereocenters. The van der Waals surface area contributed by atoms with Crippen LogP contribution in [0.3, 0.4) is 0 Å². The number of rotatable bonds is 4. The van der Waals surface area contributed by atoms with Crippen molar-refractivity contribution in [3.8, 4) is 0 Å². The van der Waals surface area contributed by atoms with Gasteiger partial charge in [-0.3, -0.25) is 9.79 Å². The zero-order valence-electron chi connectivity index (χ0n) is 14.7. The highest BCUT2D eigenvalue weighted by Crippen LogP contribution is 2.23. The van der Waals surface area contributed by atoms with Gasteiger partial charge >= 0.3 is 0 Å². The topological polar surface area (TPSA) is 65.5 Å². The number of guanidine groups is 1. The van der Waals surface area contributed by atoms with E-state index in [9.17, 15) is 4.79 Å². The van der Waals surface area contributed by atoms with E-state index in [1.807, 2.05) is 20.8 Å². The van der Waals surface area contributed by atoms with Gasteiger partial charge in [0.1, 0.15) is 0 Å². The monoisotopic (exact) mass is 424 g/mol. The molecule has 0 heterocycles. The summed E-state index contributed by atoms with van der Waals surface area (Å²) in [5, 5.41) is 9.67. The minimum absolute atomic E-state index is 0. The molecule has 0 bridgehead atoms. The Morgan fingerprint density at radius 3 is 2.36 bits per heavy atom. The zero-order valence-corrected chi connectivity index (χ0v) is 17.0. The molecule has 1 amide bonds. The summed E-state index contributed by atoms with van der Waals surface area (Å²) in [4.78, 5) is 16.0. The highest BCUT2D eigenvalue weighted by Gasteiger charge is 2.21. The number of carbonyl (C=O) groups is 1. The Morgan fingerprint density at radius 1 is 1.18 bits per heavy atom. The summed E-state index contributed by atoms with van der Waals surface area (Å²) in [6.07, 6.45) is 5.05. The average Bonchev–Trinajstić information content (AvgIpc) is 2.40. The summed E-state index contributed by atoms with van der Waals surface area (Å²) in [7, 11) is 1.79. The predicted molar refractivity (Wildman–Crippen MR) is 104 cm³/mol. The fraction of sp³-hybridized carbons (Fsp3) is 0.875. The van der Waals surface area contributed by atoms with Crippen LogP contribution < -0.4 is 16.0 Å². The lowest BCUT2D eigenvalue weighted by atomic mass is 9.87. The van der Waals surface area contributed by atoms with Gasteiger partial charge in [0.2, 0.25) is 5.91 Å². The molecule has 0 aromatic carbocycles. The molecule has 0 saturated heterocycles. The molecule has 6 heteroatoms. The van der Waals surface area contributed by atoms with E-state index in [0.29, 0.717) is 19.1 Å². The average molecular weight is 424 g/mol. The van der Waals surface area contributed by atoms with E-state index in [1.54, 1.807) is 7.05 Å². The normalized spacial score (nSPS) is 22.5. The molecular formula is C16H33IN4O. The third-order valence-electron chi connectivity index (χ3n) is 3.89. The fourth-order valence-corrected chi connectivity index (χ4v) is 2.58. The van der Waals surface area contributed by atoms with Crippen LogP contribution in [0.5, 0.6) is 0 Å². The van der Waals surface area contributed by atoms with Crippen molar-refractivity contribution >= 4 is 35.8 Å². The first kappa shape index (κ1) is 21.5. The summed E-state index contributed by atoms with van der Waals surface area (Å²) < 4.78 is 0. The van der Waals surface area contributed by atoms with Crippen LogP contribution in [0.1, 0.15) is 53.4 Å². The minimum Gasteiger partial charge on any atom is -0.355 e. The molecule has 22 heavy (non-hydrogen) atoms. The first-order valence-corrected chi connectivity index (χ1v) is 8.08. The lowest BCUT2D eigenvalue weighted by Crippen LogP contribution is -2.47. The number of aliphatic imine (C=N–C) groups is 1. The molecule has 5 nitrogen and oxygen atoms in total. The Hall–Kier alpha value is -0.530. The Kier molecular flexibility index (Phi) is 10.0. The van der Waals surface area contributed by atoms with Crippen molar-refractivity contribution in [3.63, 3.8) is 0 Å². The second-order valence-electron chi connectivity index (χ2n) is 7.12. The standard InChI is InChI=1S/C16H32N4O.HI/c1-12-7-6-8-13(11-12)20-15(17-5)19-10-9-18-14(21)16(2,3)4;/h12-13H,6-11H2,1-5H3,(H,18,21)(H2,17,19,20);1H. The third kappa shape index (κ3) is 8.19. The van der Waals surface area contributed by atoms with Crippen LogP contribution in [0.25, 0.3) is 0 Å². The maximum Gasteiger partial charge on any atom is 0.225 e.